The van der Waals surface area contributed by atoms with Gasteiger partial charge in [-0.1, -0.05) is 0 Å². The van der Waals surface area contributed by atoms with Crippen LogP contribution in [0.15, 0.2) is 6.07 Å². The highest BCUT2D eigenvalue weighted by Crippen LogP contribution is 2.29. The molecule has 2 rings (SSSR count). The number of aldehydes is 1. The Balaban J connectivity index is 2.54. The molecule has 0 radical (unpaired) electrons. The Kier molecular flexibility index (Phi) is 1.39. The first-order valence-corrected chi connectivity index (χ1v) is 4.24. The molecule has 2 nitrogen and oxygen atoms in total. The molecule has 56 valence electrons. The van der Waals surface area contributed by atoms with Crippen molar-refractivity contribution in [3.05, 3.63) is 21.4 Å². The Hall–Kier alpha value is -0.960. The number of ketones is 1. The molecular formula is C8H6O2S. The fraction of sp³-hybridized carbons (Fsp3) is 0.250. The highest BCUT2D eigenvalue weighted by molar-refractivity contribution is 7.14. The smallest absolute Gasteiger partial charge is 0.164 e. The zero-order valence-corrected chi connectivity index (χ0v) is 6.61. The van der Waals surface area contributed by atoms with Crippen molar-refractivity contribution in [2.75, 3.05) is 0 Å². The second-order valence-electron chi connectivity index (χ2n) is 2.53. The molecule has 1 aromatic rings. The molecule has 0 saturated heterocycles. The summed E-state index contributed by atoms with van der Waals surface area (Å²) in [6, 6.07) is 1.70. The number of fused-ring (bicyclic) bond motifs is 1. The Bertz CT molecular complexity index is 325. The van der Waals surface area contributed by atoms with Gasteiger partial charge in [-0.2, -0.15) is 0 Å². The van der Waals surface area contributed by atoms with Crippen molar-refractivity contribution >= 4 is 23.4 Å². The van der Waals surface area contributed by atoms with Crippen LogP contribution in [0.1, 0.15) is 31.3 Å². The molecule has 0 aliphatic heterocycles. The van der Waals surface area contributed by atoms with Crippen LogP contribution < -0.4 is 0 Å². The fourth-order valence-corrected chi connectivity index (χ4v) is 2.29. The fourth-order valence-electron chi connectivity index (χ4n) is 1.29. The summed E-state index contributed by atoms with van der Waals surface area (Å²) in [7, 11) is 0. The maximum absolute atomic E-state index is 11.1. The predicted octanol–water partition coefficient (Wildman–Crippen LogP) is 1.69. The Morgan fingerprint density at radius 1 is 1.45 bits per heavy atom. The first-order valence-electron chi connectivity index (χ1n) is 3.42. The van der Waals surface area contributed by atoms with Crippen LogP contribution >= 0.6 is 11.3 Å². The number of Topliss-reactive ketones (excluding diaryl/α,β-unsaturated/α-hetero) is 1. The number of aryl methyl sites for hydroxylation is 1. The molecule has 0 spiro atoms. The Morgan fingerprint density at radius 3 is 2.91 bits per heavy atom. The van der Waals surface area contributed by atoms with Crippen molar-refractivity contribution in [1.29, 1.82) is 0 Å². The van der Waals surface area contributed by atoms with Gasteiger partial charge in [-0.3, -0.25) is 9.59 Å². The standard InChI is InChI=1S/C8H6O2S/c9-4-5-3-6-7(10)1-2-8(6)11-5/h3-4H,1-2H2. The monoisotopic (exact) mass is 166 g/mol. The molecule has 3 heteroatoms. The average Bonchev–Trinajstić information content (AvgIpc) is 2.53. The lowest BCUT2D eigenvalue weighted by atomic mass is 10.2. The van der Waals surface area contributed by atoms with Gasteiger partial charge in [0.1, 0.15) is 0 Å². The minimum atomic E-state index is 0.185. The summed E-state index contributed by atoms with van der Waals surface area (Å²) in [4.78, 5) is 23.2. The van der Waals surface area contributed by atoms with Gasteiger partial charge in [-0.05, 0) is 12.5 Å². The van der Waals surface area contributed by atoms with Crippen LogP contribution in [0, 0.1) is 0 Å². The lowest BCUT2D eigenvalue weighted by Crippen LogP contribution is -1.87. The van der Waals surface area contributed by atoms with E-state index in [-0.39, 0.29) is 5.78 Å². The van der Waals surface area contributed by atoms with Crippen LogP contribution in [0.25, 0.3) is 0 Å². The van der Waals surface area contributed by atoms with Crippen LogP contribution in [0.2, 0.25) is 0 Å². The third kappa shape index (κ3) is 0.922. The van der Waals surface area contributed by atoms with E-state index in [0.717, 1.165) is 23.1 Å². The Morgan fingerprint density at radius 2 is 2.27 bits per heavy atom. The van der Waals surface area contributed by atoms with Crippen molar-refractivity contribution in [3.8, 4) is 0 Å². The lowest BCUT2D eigenvalue weighted by Gasteiger charge is -1.81. The van der Waals surface area contributed by atoms with Crippen LogP contribution in [-0.4, -0.2) is 12.1 Å². The van der Waals surface area contributed by atoms with Gasteiger partial charge in [0.15, 0.2) is 12.1 Å². The summed E-state index contributed by atoms with van der Waals surface area (Å²) in [5.74, 6) is 0.185. The normalized spacial score (nSPS) is 15.1. The molecule has 1 heterocycles. The molecule has 1 aromatic heterocycles. The largest absolute Gasteiger partial charge is 0.297 e. The molecular weight excluding hydrogens is 160 g/mol. The van der Waals surface area contributed by atoms with Gasteiger partial charge in [-0.15, -0.1) is 11.3 Å². The van der Waals surface area contributed by atoms with E-state index in [4.69, 9.17) is 0 Å². The summed E-state index contributed by atoms with van der Waals surface area (Å²) in [5, 5.41) is 0. The summed E-state index contributed by atoms with van der Waals surface area (Å²) >= 11 is 1.44. The first-order chi connectivity index (χ1) is 5.31. The van der Waals surface area contributed by atoms with Crippen molar-refractivity contribution in [3.63, 3.8) is 0 Å². The number of carbonyl (C=O) groups excluding carboxylic acids is 2. The SMILES string of the molecule is O=Cc1cc2c(s1)CCC2=O. The van der Waals surface area contributed by atoms with Gasteiger partial charge < -0.3 is 0 Å². The van der Waals surface area contributed by atoms with E-state index in [1.54, 1.807) is 6.07 Å². The quantitative estimate of drug-likeness (QED) is 0.595. The average molecular weight is 166 g/mol. The number of rotatable bonds is 1. The summed E-state index contributed by atoms with van der Waals surface area (Å²) in [6.45, 7) is 0. The van der Waals surface area contributed by atoms with E-state index in [2.05, 4.69) is 0 Å². The summed E-state index contributed by atoms with van der Waals surface area (Å²) in [6.07, 6.45) is 2.25. The first kappa shape index (κ1) is 6.73. The van der Waals surface area contributed by atoms with E-state index in [1.807, 2.05) is 0 Å². The second-order valence-corrected chi connectivity index (χ2v) is 3.69. The van der Waals surface area contributed by atoms with Crippen molar-refractivity contribution in [2.45, 2.75) is 12.8 Å². The zero-order valence-electron chi connectivity index (χ0n) is 5.79. The van der Waals surface area contributed by atoms with E-state index >= 15 is 0 Å². The van der Waals surface area contributed by atoms with Gasteiger partial charge in [0.25, 0.3) is 0 Å². The number of carbonyl (C=O) groups is 2. The molecule has 0 amide bonds. The molecule has 0 fully saturated rings. The van der Waals surface area contributed by atoms with Gasteiger partial charge in [0.05, 0.1) is 4.88 Å². The third-order valence-corrected chi connectivity index (χ3v) is 2.94. The van der Waals surface area contributed by atoms with E-state index in [0.29, 0.717) is 11.3 Å². The predicted molar refractivity (Wildman–Crippen MR) is 42.4 cm³/mol. The van der Waals surface area contributed by atoms with Gasteiger partial charge in [0, 0.05) is 16.9 Å². The molecule has 0 atom stereocenters. The number of thiophene rings is 1. The lowest BCUT2D eigenvalue weighted by molar-refractivity contribution is 0.0994. The van der Waals surface area contributed by atoms with E-state index in [1.165, 1.54) is 11.3 Å². The number of hydrogen-bond donors (Lipinski definition) is 0. The molecule has 0 aromatic carbocycles. The molecule has 11 heavy (non-hydrogen) atoms. The van der Waals surface area contributed by atoms with Gasteiger partial charge in [0.2, 0.25) is 0 Å². The highest BCUT2D eigenvalue weighted by Gasteiger charge is 2.21. The van der Waals surface area contributed by atoms with Crippen molar-refractivity contribution in [2.24, 2.45) is 0 Å². The molecule has 0 unspecified atom stereocenters. The maximum Gasteiger partial charge on any atom is 0.164 e. The van der Waals surface area contributed by atoms with Crippen molar-refractivity contribution < 1.29 is 9.59 Å². The molecule has 1 aliphatic rings. The van der Waals surface area contributed by atoms with Crippen LogP contribution in [0.5, 0.6) is 0 Å². The highest BCUT2D eigenvalue weighted by atomic mass is 32.1. The third-order valence-electron chi connectivity index (χ3n) is 1.82. The van der Waals surface area contributed by atoms with Crippen LogP contribution in [0.4, 0.5) is 0 Å². The zero-order chi connectivity index (χ0) is 7.84. The van der Waals surface area contributed by atoms with E-state index < -0.39 is 0 Å². The summed E-state index contributed by atoms with van der Waals surface area (Å²) < 4.78 is 0. The second kappa shape index (κ2) is 2.27. The topological polar surface area (TPSA) is 34.1 Å². The maximum atomic E-state index is 11.1. The molecule has 0 N–H and O–H groups in total. The van der Waals surface area contributed by atoms with Crippen LogP contribution in [0.3, 0.4) is 0 Å². The Labute approximate surface area is 67.8 Å². The molecule has 0 bridgehead atoms. The van der Waals surface area contributed by atoms with Crippen molar-refractivity contribution in [1.82, 2.24) is 0 Å². The summed E-state index contributed by atoms with van der Waals surface area (Å²) in [5.41, 5.74) is 0.775. The molecule has 1 aliphatic carbocycles. The van der Waals surface area contributed by atoms with Gasteiger partial charge in [-0.25, -0.2) is 0 Å². The van der Waals surface area contributed by atoms with E-state index in [9.17, 15) is 9.59 Å². The minimum absolute atomic E-state index is 0.185. The number of hydrogen-bond acceptors (Lipinski definition) is 3. The van der Waals surface area contributed by atoms with Gasteiger partial charge >= 0.3 is 0 Å². The molecule has 0 saturated carbocycles. The van der Waals surface area contributed by atoms with Crippen LogP contribution in [-0.2, 0) is 6.42 Å². The minimum Gasteiger partial charge on any atom is -0.297 e.